The minimum atomic E-state index is -1.26. The Kier molecular flexibility index (Phi) is 7.33. The third kappa shape index (κ3) is 5.08. The van der Waals surface area contributed by atoms with Crippen LogP contribution in [-0.2, 0) is 20.7 Å². The highest BCUT2D eigenvalue weighted by molar-refractivity contribution is 5.87. The number of rotatable bonds is 8. The van der Waals surface area contributed by atoms with E-state index in [2.05, 4.69) is 25.6 Å². The maximum absolute atomic E-state index is 13.2. The number of aliphatic hydroxyl groups excluding tert-OH is 2. The van der Waals surface area contributed by atoms with Crippen LogP contribution in [0.2, 0.25) is 0 Å². The van der Waals surface area contributed by atoms with Crippen LogP contribution in [0.3, 0.4) is 0 Å². The lowest BCUT2D eigenvalue weighted by molar-refractivity contribution is -0.129. The minimum Gasteiger partial charge on any atom is -0.508 e. The predicted octanol–water partition coefficient (Wildman–Crippen LogP) is -0.919. The van der Waals surface area contributed by atoms with Crippen molar-refractivity contribution in [3.8, 4) is 5.75 Å². The van der Waals surface area contributed by atoms with Gasteiger partial charge in [0.05, 0.1) is 19.0 Å². The zero-order valence-corrected chi connectivity index (χ0v) is 20.1. The molecular formula is C23H29N7O6. The second-order valence-electron chi connectivity index (χ2n) is 8.81. The molecule has 3 heterocycles. The van der Waals surface area contributed by atoms with E-state index in [1.165, 1.54) is 36.3 Å². The average Bonchev–Trinajstić information content (AvgIpc) is 3.40. The van der Waals surface area contributed by atoms with Crippen LogP contribution in [0, 0.1) is 0 Å². The summed E-state index contributed by atoms with van der Waals surface area (Å²) in [4.78, 5) is 39.6. The first-order valence-electron chi connectivity index (χ1n) is 11.3. The van der Waals surface area contributed by atoms with E-state index in [9.17, 15) is 24.9 Å². The summed E-state index contributed by atoms with van der Waals surface area (Å²) in [5, 5.41) is 35.9. The molecule has 5 N–H and O–H groups in total. The van der Waals surface area contributed by atoms with Gasteiger partial charge in [-0.1, -0.05) is 12.1 Å². The molecule has 5 atom stereocenters. The standard InChI is InChI=1S/C23H29N7O6/c1-12(32)27-15(8-13-4-6-14(33)7-5-13)22(35)28-17-16(9-31)36-23(19(17)34)30-11-26-18-20(29(2)3)24-10-25-21(18)30/h4-7,10-11,15-17,19,23,31,33-34H,8-9H2,1-3H3,(H,27,32)(H,28,35)/t15?,16-,17?,19-,23-/m1/s1. The SMILES string of the molecule is CC(=O)NC(Cc1ccc(O)cc1)C(=O)NC1[C@@H](O)[C@H](n2cnc3c(N(C)C)ncnc32)O[C@@H]1CO. The summed E-state index contributed by atoms with van der Waals surface area (Å²) in [5.74, 6) is -0.299. The summed E-state index contributed by atoms with van der Waals surface area (Å²) in [7, 11) is 3.64. The number of ether oxygens (including phenoxy) is 1. The summed E-state index contributed by atoms with van der Waals surface area (Å²) >= 11 is 0. The number of phenolic OH excluding ortho intramolecular Hbond substituents is 1. The Morgan fingerprint density at radius 3 is 2.56 bits per heavy atom. The number of aromatic nitrogens is 4. The summed E-state index contributed by atoms with van der Waals surface area (Å²) in [5.41, 5.74) is 1.64. The monoisotopic (exact) mass is 499 g/mol. The molecule has 4 rings (SSSR count). The molecule has 1 aliphatic rings. The Bertz CT molecular complexity index is 1230. The summed E-state index contributed by atoms with van der Waals surface area (Å²) in [6.45, 7) is 0.830. The molecule has 13 nitrogen and oxygen atoms in total. The highest BCUT2D eigenvalue weighted by Crippen LogP contribution is 2.32. The number of amides is 2. The molecule has 0 bridgehead atoms. The van der Waals surface area contributed by atoms with Gasteiger partial charge in [-0.2, -0.15) is 0 Å². The maximum atomic E-state index is 13.2. The van der Waals surface area contributed by atoms with E-state index in [1.54, 1.807) is 17.0 Å². The summed E-state index contributed by atoms with van der Waals surface area (Å²) < 4.78 is 7.43. The highest BCUT2D eigenvalue weighted by Gasteiger charge is 2.46. The number of phenols is 1. The lowest BCUT2D eigenvalue weighted by Crippen LogP contribution is -2.55. The van der Waals surface area contributed by atoms with Gasteiger partial charge in [-0.15, -0.1) is 0 Å². The van der Waals surface area contributed by atoms with Crippen molar-refractivity contribution >= 4 is 28.8 Å². The number of carbonyl (C=O) groups excluding carboxylic acids is 2. The fourth-order valence-electron chi connectivity index (χ4n) is 4.25. The van der Waals surface area contributed by atoms with Crippen LogP contribution in [0.15, 0.2) is 36.9 Å². The van der Waals surface area contributed by atoms with Gasteiger partial charge in [-0.25, -0.2) is 15.0 Å². The number of hydrogen-bond donors (Lipinski definition) is 5. The van der Waals surface area contributed by atoms with Gasteiger partial charge in [0.2, 0.25) is 11.8 Å². The van der Waals surface area contributed by atoms with E-state index in [0.717, 1.165) is 0 Å². The summed E-state index contributed by atoms with van der Waals surface area (Å²) in [6, 6.07) is 4.33. The number of nitrogens with zero attached hydrogens (tertiary/aromatic N) is 5. The normalized spacial score (nSPS) is 22.4. The van der Waals surface area contributed by atoms with Crippen molar-refractivity contribution in [2.24, 2.45) is 0 Å². The van der Waals surface area contributed by atoms with E-state index in [0.29, 0.717) is 22.5 Å². The lowest BCUT2D eigenvalue weighted by Gasteiger charge is -2.24. The van der Waals surface area contributed by atoms with E-state index in [1.807, 2.05) is 14.1 Å². The number of imidazole rings is 1. The van der Waals surface area contributed by atoms with Crippen LogP contribution < -0.4 is 15.5 Å². The molecule has 3 aromatic rings. The zero-order valence-electron chi connectivity index (χ0n) is 20.1. The Labute approximate surface area is 206 Å². The third-order valence-corrected chi connectivity index (χ3v) is 5.97. The number of hydrogen-bond acceptors (Lipinski definition) is 10. The molecule has 1 fully saturated rings. The van der Waals surface area contributed by atoms with Crippen molar-refractivity contribution in [2.75, 3.05) is 25.6 Å². The quantitative estimate of drug-likeness (QED) is 0.261. The minimum absolute atomic E-state index is 0.0809. The van der Waals surface area contributed by atoms with Gasteiger partial charge < -0.3 is 35.6 Å². The van der Waals surface area contributed by atoms with Crippen LogP contribution in [0.1, 0.15) is 18.7 Å². The van der Waals surface area contributed by atoms with Crippen LogP contribution >= 0.6 is 0 Å². The Morgan fingerprint density at radius 2 is 1.92 bits per heavy atom. The van der Waals surface area contributed by atoms with Gasteiger partial charge >= 0.3 is 0 Å². The van der Waals surface area contributed by atoms with Crippen molar-refractivity contribution < 1.29 is 29.6 Å². The van der Waals surface area contributed by atoms with Gasteiger partial charge in [-0.05, 0) is 17.7 Å². The predicted molar refractivity (Wildman–Crippen MR) is 128 cm³/mol. The Hall–Kier alpha value is -3.81. The molecule has 1 aromatic carbocycles. The molecule has 0 spiro atoms. The van der Waals surface area contributed by atoms with Crippen LogP contribution in [0.4, 0.5) is 5.82 Å². The van der Waals surface area contributed by atoms with Crippen molar-refractivity contribution in [1.82, 2.24) is 30.2 Å². The van der Waals surface area contributed by atoms with E-state index in [4.69, 9.17) is 4.74 Å². The van der Waals surface area contributed by atoms with Crippen molar-refractivity contribution in [3.05, 3.63) is 42.5 Å². The molecule has 2 unspecified atom stereocenters. The Morgan fingerprint density at radius 1 is 1.19 bits per heavy atom. The molecule has 192 valence electrons. The highest BCUT2D eigenvalue weighted by atomic mass is 16.5. The molecule has 1 aliphatic heterocycles. The molecule has 36 heavy (non-hydrogen) atoms. The number of aliphatic hydroxyl groups is 2. The first kappa shape index (κ1) is 25.3. The van der Waals surface area contributed by atoms with Crippen molar-refractivity contribution in [1.29, 1.82) is 0 Å². The fourth-order valence-corrected chi connectivity index (χ4v) is 4.25. The molecule has 0 aliphatic carbocycles. The smallest absolute Gasteiger partial charge is 0.243 e. The van der Waals surface area contributed by atoms with E-state index >= 15 is 0 Å². The second kappa shape index (κ2) is 10.4. The number of aromatic hydroxyl groups is 1. The number of fused-ring (bicyclic) bond motifs is 1. The lowest BCUT2D eigenvalue weighted by atomic mass is 10.0. The van der Waals surface area contributed by atoms with Gasteiger partial charge in [0.15, 0.2) is 23.2 Å². The zero-order chi connectivity index (χ0) is 26.0. The van der Waals surface area contributed by atoms with Gasteiger partial charge in [0, 0.05) is 27.4 Å². The third-order valence-electron chi connectivity index (χ3n) is 5.97. The van der Waals surface area contributed by atoms with E-state index in [-0.39, 0.29) is 12.2 Å². The van der Waals surface area contributed by atoms with Crippen molar-refractivity contribution in [3.63, 3.8) is 0 Å². The average molecular weight is 500 g/mol. The second-order valence-corrected chi connectivity index (χ2v) is 8.81. The molecule has 0 radical (unpaired) electrons. The van der Waals surface area contributed by atoms with Gasteiger partial charge in [-0.3, -0.25) is 14.2 Å². The first-order chi connectivity index (χ1) is 17.2. The fraction of sp³-hybridized carbons (Fsp3) is 0.435. The molecular weight excluding hydrogens is 470 g/mol. The van der Waals surface area contributed by atoms with E-state index < -0.39 is 48.9 Å². The van der Waals surface area contributed by atoms with Gasteiger partial charge in [0.25, 0.3) is 0 Å². The van der Waals surface area contributed by atoms with Crippen LogP contribution in [-0.4, -0.2) is 91.6 Å². The molecule has 2 amide bonds. The molecule has 0 saturated carbocycles. The number of carbonyl (C=O) groups is 2. The molecule has 1 saturated heterocycles. The van der Waals surface area contributed by atoms with Crippen LogP contribution in [0.5, 0.6) is 5.75 Å². The number of benzene rings is 1. The summed E-state index contributed by atoms with van der Waals surface area (Å²) in [6.07, 6.45) is -0.177. The number of anilines is 1. The molecule has 2 aromatic heterocycles. The first-order valence-corrected chi connectivity index (χ1v) is 11.3. The number of nitrogens with one attached hydrogen (secondary N) is 2. The topological polar surface area (TPSA) is 175 Å². The molecule has 13 heteroatoms. The van der Waals surface area contributed by atoms with Crippen molar-refractivity contribution in [2.45, 2.75) is 43.9 Å². The van der Waals surface area contributed by atoms with Gasteiger partial charge in [0.1, 0.15) is 30.3 Å². The van der Waals surface area contributed by atoms with Crippen LogP contribution in [0.25, 0.3) is 11.2 Å². The Balaban J connectivity index is 1.56. The largest absolute Gasteiger partial charge is 0.508 e. The maximum Gasteiger partial charge on any atom is 0.243 e.